The lowest BCUT2D eigenvalue weighted by Gasteiger charge is -2.27. The van der Waals surface area contributed by atoms with Crippen LogP contribution in [0.4, 0.5) is 0 Å². The smallest absolute Gasteiger partial charge is 0.263 e. The van der Waals surface area contributed by atoms with Crippen LogP contribution in [0.25, 0.3) is 16.8 Å². The fourth-order valence-corrected chi connectivity index (χ4v) is 5.22. The predicted octanol–water partition coefficient (Wildman–Crippen LogP) is 5.50. The second kappa shape index (κ2) is 7.95. The van der Waals surface area contributed by atoms with Crippen LogP contribution in [0.3, 0.4) is 0 Å². The summed E-state index contributed by atoms with van der Waals surface area (Å²) < 4.78 is 0.557. The van der Waals surface area contributed by atoms with Gasteiger partial charge in [0.05, 0.1) is 10.6 Å². The number of hydrogen-bond acceptors (Lipinski definition) is 4. The summed E-state index contributed by atoms with van der Waals surface area (Å²) in [5.41, 5.74) is 5.55. The van der Waals surface area contributed by atoms with Gasteiger partial charge in [0, 0.05) is 11.8 Å². The summed E-state index contributed by atoms with van der Waals surface area (Å²) in [6, 6.07) is 12.4. The predicted molar refractivity (Wildman–Crippen MR) is 116 cm³/mol. The highest BCUT2D eigenvalue weighted by atomic mass is 32.2. The minimum Gasteiger partial charge on any atom is -0.307 e. The number of hydrogen-bond donors (Lipinski definition) is 1. The number of nitrogens with one attached hydrogen (secondary N) is 1. The maximum atomic E-state index is 12.6. The van der Waals surface area contributed by atoms with Crippen LogP contribution in [0.2, 0.25) is 0 Å². The van der Waals surface area contributed by atoms with Crippen molar-refractivity contribution < 1.29 is 4.79 Å². The number of pyridine rings is 1. The molecule has 2 heterocycles. The number of carbonyl (C=O) groups excluding carboxylic acids is 1. The monoisotopic (exact) mass is 394 g/mol. The highest BCUT2D eigenvalue weighted by Crippen LogP contribution is 2.43. The average molecular weight is 395 g/mol. The van der Waals surface area contributed by atoms with Gasteiger partial charge in [0.15, 0.2) is 0 Å². The summed E-state index contributed by atoms with van der Waals surface area (Å²) in [6.45, 7) is 2.12. The number of aryl methyl sites for hydroxylation is 1. The van der Waals surface area contributed by atoms with E-state index in [0.717, 1.165) is 34.6 Å². The van der Waals surface area contributed by atoms with Crippen molar-refractivity contribution in [2.45, 2.75) is 39.0 Å². The zero-order valence-electron chi connectivity index (χ0n) is 15.3. The van der Waals surface area contributed by atoms with Crippen LogP contribution >= 0.6 is 24.0 Å². The summed E-state index contributed by atoms with van der Waals surface area (Å²) in [7, 11) is 0. The Labute approximate surface area is 169 Å². The summed E-state index contributed by atoms with van der Waals surface area (Å²) >= 11 is 6.68. The second-order valence-electron chi connectivity index (χ2n) is 7.17. The first kappa shape index (κ1) is 18.4. The maximum Gasteiger partial charge on any atom is 0.263 e. The molecule has 0 spiro atoms. The van der Waals surface area contributed by atoms with Crippen molar-refractivity contribution in [2.24, 2.45) is 5.92 Å². The standard InChI is InChI=1S/C22H22N2OS2/c1-14-10-11-16(18-9-5-6-12-23-18)13-17(14)19(15-7-3-2-4-8-15)20-21(25)24-22(26)27-20/h5-6,9-13,15H,2-4,7-8H2,1H3,(H,24,25,26)/b20-19-. The number of carbonyl (C=O) groups is 1. The van der Waals surface area contributed by atoms with Crippen molar-refractivity contribution >= 4 is 39.8 Å². The van der Waals surface area contributed by atoms with E-state index in [2.05, 4.69) is 35.4 Å². The molecule has 27 heavy (non-hydrogen) atoms. The van der Waals surface area contributed by atoms with Gasteiger partial charge in [0.25, 0.3) is 5.91 Å². The largest absolute Gasteiger partial charge is 0.307 e. The molecule has 0 radical (unpaired) electrons. The molecule has 1 aromatic carbocycles. The van der Waals surface area contributed by atoms with Gasteiger partial charge in [-0.1, -0.05) is 61.4 Å². The third kappa shape index (κ3) is 3.85. The third-order valence-electron chi connectivity index (χ3n) is 5.36. The minimum atomic E-state index is -0.0480. The molecule has 0 bridgehead atoms. The average Bonchev–Trinajstić information content (AvgIpc) is 3.03. The van der Waals surface area contributed by atoms with Gasteiger partial charge in [-0.15, -0.1) is 0 Å². The van der Waals surface area contributed by atoms with E-state index in [1.54, 1.807) is 0 Å². The molecule has 4 rings (SSSR count). The lowest BCUT2D eigenvalue weighted by atomic mass is 9.79. The van der Waals surface area contributed by atoms with E-state index in [9.17, 15) is 4.79 Å². The Balaban J connectivity index is 1.86. The molecule has 2 fully saturated rings. The van der Waals surface area contributed by atoms with Crippen LogP contribution in [0, 0.1) is 12.8 Å². The second-order valence-corrected chi connectivity index (χ2v) is 8.85. The van der Waals surface area contributed by atoms with Crippen molar-refractivity contribution in [3.05, 3.63) is 58.6 Å². The zero-order chi connectivity index (χ0) is 18.8. The number of aromatic nitrogens is 1. The molecule has 1 amide bonds. The quantitative estimate of drug-likeness (QED) is 0.552. The number of amides is 1. The van der Waals surface area contributed by atoms with Gasteiger partial charge in [0.1, 0.15) is 4.32 Å². The van der Waals surface area contributed by atoms with Gasteiger partial charge >= 0.3 is 0 Å². The fourth-order valence-electron chi connectivity index (χ4n) is 4.02. The molecule has 2 aliphatic rings. The maximum absolute atomic E-state index is 12.6. The summed E-state index contributed by atoms with van der Waals surface area (Å²) in [6.07, 6.45) is 7.80. The van der Waals surface area contributed by atoms with Crippen molar-refractivity contribution in [3.8, 4) is 11.3 Å². The zero-order valence-corrected chi connectivity index (χ0v) is 17.0. The number of nitrogens with zero attached hydrogens (tertiary/aromatic N) is 1. The molecular weight excluding hydrogens is 372 g/mol. The van der Waals surface area contributed by atoms with Crippen LogP contribution in [0.1, 0.15) is 43.2 Å². The van der Waals surface area contributed by atoms with Gasteiger partial charge in [0.2, 0.25) is 0 Å². The first-order valence-electron chi connectivity index (χ1n) is 9.43. The first-order valence-corrected chi connectivity index (χ1v) is 10.7. The molecule has 1 aromatic heterocycles. The van der Waals surface area contributed by atoms with Crippen molar-refractivity contribution in [1.82, 2.24) is 10.3 Å². The normalized spacial score (nSPS) is 19.9. The Kier molecular flexibility index (Phi) is 5.41. The van der Waals surface area contributed by atoms with E-state index in [4.69, 9.17) is 12.2 Å². The van der Waals surface area contributed by atoms with Crippen LogP contribution in [0.15, 0.2) is 47.5 Å². The third-order valence-corrected chi connectivity index (χ3v) is 6.61. The topological polar surface area (TPSA) is 42.0 Å². The Morgan fingerprint density at radius 3 is 2.67 bits per heavy atom. The SMILES string of the molecule is Cc1ccc(-c2ccccn2)cc1/C(=C1\SC(=S)NC1=O)C1CCCCC1. The van der Waals surface area contributed by atoms with E-state index in [-0.39, 0.29) is 5.91 Å². The van der Waals surface area contributed by atoms with Crippen LogP contribution in [-0.2, 0) is 4.79 Å². The molecule has 1 aliphatic heterocycles. The van der Waals surface area contributed by atoms with Crippen LogP contribution in [0.5, 0.6) is 0 Å². The van der Waals surface area contributed by atoms with E-state index in [1.807, 2.05) is 24.4 Å². The number of thiocarbonyl (C=S) groups is 1. The van der Waals surface area contributed by atoms with E-state index < -0.39 is 0 Å². The minimum absolute atomic E-state index is 0.0480. The molecule has 1 N–H and O–H groups in total. The molecule has 138 valence electrons. The fraction of sp³-hybridized carbons (Fsp3) is 0.318. The molecule has 1 saturated carbocycles. The lowest BCUT2D eigenvalue weighted by molar-refractivity contribution is -0.115. The van der Waals surface area contributed by atoms with Gasteiger partial charge in [-0.25, -0.2) is 0 Å². The van der Waals surface area contributed by atoms with Crippen LogP contribution in [-0.4, -0.2) is 15.2 Å². The van der Waals surface area contributed by atoms with Gasteiger partial charge in [-0.2, -0.15) is 0 Å². The summed E-state index contributed by atoms with van der Waals surface area (Å²) in [5, 5.41) is 2.81. The van der Waals surface area contributed by atoms with Crippen molar-refractivity contribution in [1.29, 1.82) is 0 Å². The molecule has 5 heteroatoms. The first-order chi connectivity index (χ1) is 13.1. The number of allylic oxidation sites excluding steroid dienone is 1. The number of rotatable bonds is 3. The number of benzene rings is 1. The van der Waals surface area contributed by atoms with E-state index in [1.165, 1.54) is 42.2 Å². The highest BCUT2D eigenvalue weighted by molar-refractivity contribution is 8.26. The molecule has 1 saturated heterocycles. The van der Waals surface area contributed by atoms with Crippen molar-refractivity contribution in [3.63, 3.8) is 0 Å². The molecule has 0 atom stereocenters. The Hall–Kier alpha value is -1.98. The highest BCUT2D eigenvalue weighted by Gasteiger charge is 2.31. The Morgan fingerprint density at radius 1 is 1.19 bits per heavy atom. The van der Waals surface area contributed by atoms with Crippen molar-refractivity contribution in [2.75, 3.05) is 0 Å². The van der Waals surface area contributed by atoms with E-state index in [0.29, 0.717) is 10.2 Å². The summed E-state index contributed by atoms with van der Waals surface area (Å²) in [4.78, 5) is 17.9. The Morgan fingerprint density at radius 2 is 2.00 bits per heavy atom. The molecule has 0 unspecified atom stereocenters. The molecule has 3 nitrogen and oxygen atoms in total. The molecular formula is C22H22N2OS2. The summed E-state index contributed by atoms with van der Waals surface area (Å²) in [5.74, 6) is 0.360. The molecule has 2 aromatic rings. The lowest BCUT2D eigenvalue weighted by Crippen LogP contribution is -2.20. The Bertz CT molecular complexity index is 915. The molecule has 1 aliphatic carbocycles. The number of thioether (sulfide) groups is 1. The van der Waals surface area contributed by atoms with E-state index >= 15 is 0 Å². The van der Waals surface area contributed by atoms with Gasteiger partial charge < -0.3 is 5.32 Å². The van der Waals surface area contributed by atoms with Gasteiger partial charge in [-0.3, -0.25) is 9.78 Å². The van der Waals surface area contributed by atoms with Crippen LogP contribution < -0.4 is 5.32 Å². The van der Waals surface area contributed by atoms with Gasteiger partial charge in [-0.05, 0) is 60.6 Å².